The molecule has 0 fully saturated rings. The first-order valence-corrected chi connectivity index (χ1v) is 6.50. The highest BCUT2D eigenvalue weighted by Gasteiger charge is 2.14. The lowest BCUT2D eigenvalue weighted by atomic mass is 10.0. The van der Waals surface area contributed by atoms with Crippen LogP contribution in [0.1, 0.15) is 25.5 Å². The molecule has 3 heteroatoms. The fourth-order valence-corrected chi connectivity index (χ4v) is 2.22. The van der Waals surface area contributed by atoms with Gasteiger partial charge in [0.05, 0.1) is 11.6 Å². The standard InChI is InChI=1S/C15H20N2O/c1-3-17(4-2)11-14(18)13-9-5-7-12-8-6-10-16-15(12)13/h5-10,14,18H,3-4,11H2,1-2H3/t14-/m1/s1. The summed E-state index contributed by atoms with van der Waals surface area (Å²) in [6.45, 7) is 6.77. The van der Waals surface area contributed by atoms with E-state index in [1.165, 1.54) is 0 Å². The van der Waals surface area contributed by atoms with E-state index < -0.39 is 6.10 Å². The van der Waals surface area contributed by atoms with E-state index in [1.807, 2.05) is 30.3 Å². The average molecular weight is 244 g/mol. The molecule has 1 heterocycles. The van der Waals surface area contributed by atoms with Crippen LogP contribution >= 0.6 is 0 Å². The summed E-state index contributed by atoms with van der Waals surface area (Å²) in [5.41, 5.74) is 1.82. The van der Waals surface area contributed by atoms with Crippen molar-refractivity contribution < 1.29 is 5.11 Å². The van der Waals surface area contributed by atoms with Crippen molar-refractivity contribution in [3.8, 4) is 0 Å². The van der Waals surface area contributed by atoms with Crippen molar-refractivity contribution >= 4 is 10.9 Å². The van der Waals surface area contributed by atoms with Crippen molar-refractivity contribution in [3.05, 3.63) is 42.1 Å². The van der Waals surface area contributed by atoms with Gasteiger partial charge in [-0.3, -0.25) is 4.98 Å². The Morgan fingerprint density at radius 2 is 1.89 bits per heavy atom. The predicted octanol–water partition coefficient (Wildman–Crippen LogP) is 2.61. The van der Waals surface area contributed by atoms with Crippen LogP contribution in [0.15, 0.2) is 36.5 Å². The van der Waals surface area contributed by atoms with Crippen LogP contribution < -0.4 is 0 Å². The van der Waals surface area contributed by atoms with E-state index in [4.69, 9.17) is 0 Å². The third kappa shape index (κ3) is 2.68. The maximum atomic E-state index is 10.4. The van der Waals surface area contributed by atoms with Crippen LogP contribution in [0.4, 0.5) is 0 Å². The SMILES string of the molecule is CCN(CC)C[C@@H](O)c1cccc2cccnc12. The molecule has 1 N–H and O–H groups in total. The van der Waals surface area contributed by atoms with E-state index in [-0.39, 0.29) is 0 Å². The van der Waals surface area contributed by atoms with E-state index in [0.29, 0.717) is 6.54 Å². The molecule has 3 nitrogen and oxygen atoms in total. The lowest BCUT2D eigenvalue weighted by molar-refractivity contribution is 0.120. The minimum absolute atomic E-state index is 0.483. The maximum Gasteiger partial charge on any atom is 0.0937 e. The first kappa shape index (κ1) is 13.0. The number of para-hydroxylation sites is 1. The summed E-state index contributed by atoms with van der Waals surface area (Å²) in [7, 11) is 0. The Bertz CT molecular complexity index is 503. The number of aromatic nitrogens is 1. The van der Waals surface area contributed by atoms with Crippen LogP contribution in [0.3, 0.4) is 0 Å². The molecular weight excluding hydrogens is 224 g/mol. The third-order valence-corrected chi connectivity index (χ3v) is 3.35. The molecule has 1 aromatic heterocycles. The molecule has 2 rings (SSSR count). The van der Waals surface area contributed by atoms with Gasteiger partial charge in [-0.2, -0.15) is 0 Å². The van der Waals surface area contributed by atoms with E-state index in [2.05, 4.69) is 23.7 Å². The number of fused-ring (bicyclic) bond motifs is 1. The van der Waals surface area contributed by atoms with Crippen molar-refractivity contribution in [3.63, 3.8) is 0 Å². The number of hydrogen-bond donors (Lipinski definition) is 1. The summed E-state index contributed by atoms with van der Waals surface area (Å²) in [6.07, 6.45) is 1.29. The second kappa shape index (κ2) is 5.94. The van der Waals surface area contributed by atoms with Gasteiger partial charge >= 0.3 is 0 Å². The van der Waals surface area contributed by atoms with Crippen molar-refractivity contribution in [2.75, 3.05) is 19.6 Å². The smallest absolute Gasteiger partial charge is 0.0937 e. The lowest BCUT2D eigenvalue weighted by Gasteiger charge is -2.22. The number of likely N-dealkylation sites (N-methyl/N-ethyl adjacent to an activating group) is 1. The van der Waals surface area contributed by atoms with Crippen LogP contribution in [0.2, 0.25) is 0 Å². The fraction of sp³-hybridized carbons (Fsp3) is 0.400. The minimum atomic E-state index is -0.483. The highest BCUT2D eigenvalue weighted by atomic mass is 16.3. The summed E-state index contributed by atoms with van der Waals surface area (Å²) in [5.74, 6) is 0. The zero-order chi connectivity index (χ0) is 13.0. The number of aliphatic hydroxyl groups excluding tert-OH is 1. The average Bonchev–Trinajstić information content (AvgIpc) is 2.43. The van der Waals surface area contributed by atoms with Crippen molar-refractivity contribution in [2.24, 2.45) is 0 Å². The van der Waals surface area contributed by atoms with Gasteiger partial charge in [0.15, 0.2) is 0 Å². The first-order chi connectivity index (χ1) is 8.76. The van der Waals surface area contributed by atoms with Crippen molar-refractivity contribution in [1.29, 1.82) is 0 Å². The summed E-state index contributed by atoms with van der Waals surface area (Å²) < 4.78 is 0. The van der Waals surface area contributed by atoms with E-state index in [0.717, 1.165) is 29.6 Å². The Balaban J connectivity index is 2.30. The zero-order valence-electron chi connectivity index (χ0n) is 11.0. The Morgan fingerprint density at radius 3 is 2.61 bits per heavy atom. The summed E-state index contributed by atoms with van der Waals surface area (Å²) >= 11 is 0. The molecule has 96 valence electrons. The largest absolute Gasteiger partial charge is 0.387 e. The molecule has 0 amide bonds. The summed E-state index contributed by atoms with van der Waals surface area (Å²) in [6, 6.07) is 9.91. The Kier molecular flexibility index (Phi) is 4.28. The highest BCUT2D eigenvalue weighted by Crippen LogP contribution is 2.22. The zero-order valence-corrected chi connectivity index (χ0v) is 11.0. The van der Waals surface area contributed by atoms with Crippen LogP contribution in [0, 0.1) is 0 Å². The molecule has 1 atom stereocenters. The van der Waals surface area contributed by atoms with Gasteiger partial charge in [0.1, 0.15) is 0 Å². The van der Waals surface area contributed by atoms with Gasteiger partial charge in [-0.15, -0.1) is 0 Å². The molecule has 0 aliphatic rings. The lowest BCUT2D eigenvalue weighted by Crippen LogP contribution is -2.28. The Hall–Kier alpha value is -1.45. The van der Waals surface area contributed by atoms with Crippen molar-refractivity contribution in [2.45, 2.75) is 20.0 Å². The number of nitrogens with zero attached hydrogens (tertiary/aromatic N) is 2. The van der Waals surface area contributed by atoms with E-state index in [9.17, 15) is 5.11 Å². The normalized spacial score (nSPS) is 13.1. The molecule has 0 unspecified atom stereocenters. The first-order valence-electron chi connectivity index (χ1n) is 6.50. The molecule has 0 spiro atoms. The molecular formula is C15H20N2O. The van der Waals surface area contributed by atoms with Crippen LogP contribution in [0.25, 0.3) is 10.9 Å². The summed E-state index contributed by atoms with van der Waals surface area (Å²) in [5, 5.41) is 11.4. The van der Waals surface area contributed by atoms with E-state index >= 15 is 0 Å². The monoisotopic (exact) mass is 244 g/mol. The molecule has 0 saturated heterocycles. The highest BCUT2D eigenvalue weighted by molar-refractivity contribution is 5.81. The predicted molar refractivity (Wildman–Crippen MR) is 74.5 cm³/mol. The molecule has 2 aromatic rings. The van der Waals surface area contributed by atoms with Gasteiger partial charge in [-0.05, 0) is 19.2 Å². The molecule has 0 aliphatic carbocycles. The molecule has 0 aliphatic heterocycles. The fourth-order valence-electron chi connectivity index (χ4n) is 2.22. The second-order valence-electron chi connectivity index (χ2n) is 4.42. The van der Waals surface area contributed by atoms with Gasteiger partial charge in [-0.1, -0.05) is 38.1 Å². The molecule has 1 aromatic carbocycles. The third-order valence-electron chi connectivity index (χ3n) is 3.35. The second-order valence-corrected chi connectivity index (χ2v) is 4.42. The van der Waals surface area contributed by atoms with Gasteiger partial charge in [0.2, 0.25) is 0 Å². The van der Waals surface area contributed by atoms with Crippen LogP contribution in [-0.4, -0.2) is 34.6 Å². The quantitative estimate of drug-likeness (QED) is 0.878. The van der Waals surface area contributed by atoms with Gasteiger partial charge < -0.3 is 10.0 Å². The number of aliphatic hydroxyl groups is 1. The number of benzene rings is 1. The van der Waals surface area contributed by atoms with E-state index in [1.54, 1.807) is 6.20 Å². The van der Waals surface area contributed by atoms with Gasteiger partial charge in [-0.25, -0.2) is 0 Å². The molecule has 0 radical (unpaired) electrons. The Labute approximate surface area is 108 Å². The minimum Gasteiger partial charge on any atom is -0.387 e. The number of pyridine rings is 1. The topological polar surface area (TPSA) is 36.4 Å². The Morgan fingerprint density at radius 1 is 1.17 bits per heavy atom. The summed E-state index contributed by atoms with van der Waals surface area (Å²) in [4.78, 5) is 6.60. The molecule has 18 heavy (non-hydrogen) atoms. The number of hydrogen-bond acceptors (Lipinski definition) is 3. The van der Waals surface area contributed by atoms with Crippen LogP contribution in [-0.2, 0) is 0 Å². The molecule has 0 saturated carbocycles. The van der Waals surface area contributed by atoms with Gasteiger partial charge in [0, 0.05) is 23.7 Å². The molecule has 0 bridgehead atoms. The van der Waals surface area contributed by atoms with Gasteiger partial charge in [0.25, 0.3) is 0 Å². The number of rotatable bonds is 5. The van der Waals surface area contributed by atoms with Crippen LogP contribution in [0.5, 0.6) is 0 Å². The van der Waals surface area contributed by atoms with Crippen molar-refractivity contribution in [1.82, 2.24) is 9.88 Å². The maximum absolute atomic E-state index is 10.4.